The number of rotatable bonds is 16. The molecule has 2 unspecified atom stereocenters. The molecule has 0 aromatic heterocycles. The number of methoxy groups -OCH3 is 1. The normalized spacial score (nSPS) is 27.5. The fourth-order valence-corrected chi connectivity index (χ4v) is 12.5. The topological polar surface area (TPSA) is 288 Å². The van der Waals surface area contributed by atoms with Crippen molar-refractivity contribution < 1.29 is 67.3 Å². The highest BCUT2D eigenvalue weighted by Crippen LogP contribution is 2.39. The van der Waals surface area contributed by atoms with Crippen molar-refractivity contribution in [1.29, 1.82) is 0 Å². The van der Waals surface area contributed by atoms with Crippen LogP contribution < -0.4 is 20.7 Å². The van der Waals surface area contributed by atoms with Crippen LogP contribution in [-0.2, 0) is 57.5 Å². The largest absolute Gasteiger partial charge is 0.497 e. The average molecular weight is 1340 g/mol. The van der Waals surface area contributed by atoms with Gasteiger partial charge in [0.1, 0.15) is 66.2 Å². The van der Waals surface area contributed by atoms with Crippen molar-refractivity contribution >= 4 is 65.0 Å². The molecule has 1 aromatic carbocycles. The fourth-order valence-electron chi connectivity index (χ4n) is 12.5. The number of carbonyl (C=O) groups is 11. The number of hydrogen-bond donors (Lipinski definition) is 4. The van der Waals surface area contributed by atoms with E-state index in [0.717, 1.165) is 9.80 Å². The molecule has 2 aliphatic rings. The van der Waals surface area contributed by atoms with Crippen LogP contribution in [0.4, 0.5) is 0 Å². The third-order valence-corrected chi connectivity index (χ3v) is 18.3. The van der Waals surface area contributed by atoms with E-state index in [1.165, 1.54) is 99.7 Å². The van der Waals surface area contributed by atoms with Crippen molar-refractivity contribution in [2.75, 3.05) is 63.0 Å². The number of carbonyl (C=O) groups excluding carboxylic acids is 11. The predicted octanol–water partition coefficient (Wildman–Crippen LogP) is 4.70. The van der Waals surface area contributed by atoms with Crippen LogP contribution in [0.5, 0.6) is 5.75 Å². The van der Waals surface area contributed by atoms with Gasteiger partial charge in [-0.3, -0.25) is 57.6 Å². The monoisotopic (exact) mass is 1340 g/mol. The Bertz CT molecular complexity index is 2850. The number of ether oxygens (including phenoxy) is 2. The van der Waals surface area contributed by atoms with Gasteiger partial charge in [0.25, 0.3) is 5.91 Å². The van der Waals surface area contributed by atoms with Gasteiger partial charge in [-0.2, -0.15) is 0 Å². The lowest BCUT2D eigenvalue weighted by Crippen LogP contribution is -2.64. The van der Waals surface area contributed by atoms with Crippen molar-refractivity contribution in [3.05, 3.63) is 42.0 Å². The zero-order valence-corrected chi connectivity index (χ0v) is 61.6. The van der Waals surface area contributed by atoms with Crippen LogP contribution >= 0.6 is 0 Å². The Balaban J connectivity index is 2.47. The van der Waals surface area contributed by atoms with E-state index in [1.54, 1.807) is 78.8 Å². The van der Waals surface area contributed by atoms with Crippen LogP contribution in [-0.4, -0.2) is 245 Å². The second-order valence-electron chi connectivity index (χ2n) is 28.8. The molecule has 0 spiro atoms. The highest BCUT2D eigenvalue weighted by molar-refractivity contribution is 6.00. The number of fused-ring (bicyclic) bond motifs is 1. The summed E-state index contributed by atoms with van der Waals surface area (Å²) in [5, 5.41) is 21.0. The van der Waals surface area contributed by atoms with Gasteiger partial charge in [-0.25, -0.2) is 0 Å². The molecule has 3 rings (SSSR count). The lowest BCUT2D eigenvalue weighted by Gasteiger charge is -2.43. The first-order chi connectivity index (χ1) is 44.1. The van der Waals surface area contributed by atoms with E-state index in [1.807, 2.05) is 61.5 Å². The molecule has 4 N–H and O–H groups in total. The van der Waals surface area contributed by atoms with E-state index < -0.39 is 168 Å². The molecule has 25 nitrogen and oxygen atoms in total. The molecule has 0 bridgehead atoms. The summed E-state index contributed by atoms with van der Waals surface area (Å²) in [7, 11) is 11.4. The molecular weight excluding hydrogens is 1220 g/mol. The van der Waals surface area contributed by atoms with Crippen LogP contribution in [0.25, 0.3) is 0 Å². The van der Waals surface area contributed by atoms with Crippen molar-refractivity contribution in [1.82, 2.24) is 55.1 Å². The minimum atomic E-state index is -1.75. The van der Waals surface area contributed by atoms with Gasteiger partial charge < -0.3 is 64.8 Å². The number of allylic oxidation sites excluding steroid dienone is 2. The second-order valence-corrected chi connectivity index (χ2v) is 28.8. The van der Waals surface area contributed by atoms with Gasteiger partial charge in [0.15, 0.2) is 6.23 Å². The van der Waals surface area contributed by atoms with Gasteiger partial charge in [0.2, 0.25) is 59.1 Å². The van der Waals surface area contributed by atoms with Crippen molar-refractivity contribution in [3.63, 3.8) is 0 Å². The molecule has 2 saturated heterocycles. The summed E-state index contributed by atoms with van der Waals surface area (Å²) >= 11 is 0. The van der Waals surface area contributed by atoms with Gasteiger partial charge >= 0.3 is 0 Å². The third-order valence-electron chi connectivity index (χ3n) is 18.3. The number of aliphatic hydroxyl groups excluding tert-OH is 1. The van der Waals surface area contributed by atoms with Gasteiger partial charge in [0.05, 0.1) is 25.9 Å². The number of benzene rings is 1. The van der Waals surface area contributed by atoms with Crippen molar-refractivity contribution in [2.24, 2.45) is 41.4 Å². The average Bonchev–Trinajstić information content (AvgIpc) is 1.68. The summed E-state index contributed by atoms with van der Waals surface area (Å²) in [4.78, 5) is 175. The van der Waals surface area contributed by atoms with E-state index in [-0.39, 0.29) is 55.8 Å². The Morgan fingerprint density at radius 2 is 0.958 bits per heavy atom. The summed E-state index contributed by atoms with van der Waals surface area (Å²) in [5.74, 6) is -9.83. The number of nitrogens with one attached hydrogen (secondary N) is 3. The minimum absolute atomic E-state index is 0.115. The van der Waals surface area contributed by atoms with E-state index in [0.29, 0.717) is 11.3 Å². The number of hydrogen-bond acceptors (Lipinski definition) is 14. The summed E-state index contributed by atoms with van der Waals surface area (Å²) in [5.41, 5.74) is 0.399. The molecule has 2 fully saturated rings. The first-order valence-electron chi connectivity index (χ1n) is 33.8. The molecule has 536 valence electrons. The summed E-state index contributed by atoms with van der Waals surface area (Å²) in [6, 6.07) is -6.40. The highest BCUT2D eigenvalue weighted by atomic mass is 16.5. The van der Waals surface area contributed by atoms with Gasteiger partial charge in [-0.1, -0.05) is 114 Å². The SMILES string of the molecule is C/C=C/C[C@@H](C)[C@@H](O)[C@H]1C(=O)N2C(c3ccc(OC)cc3)O[C@@H](C)[C@@H]2C(=O)N(C)CC(=O)N(C)[C@@H](CC(C)C)C(=O)N[C@@H](C(C)C)C(=O)N(C)C(CC(C)C)C(=O)N[C@@H](C)C(=O)N[C@H](C)C(=O)N(C)[C@@H](CC(C)C)C(=O)N(C)[C@@H](CC(C)C)C(=O)N(C)[C@@H](C(C)C)C(=O)N1C. The number of likely N-dealkylation sites (N-methyl/N-ethyl adjacent to an activating group) is 7. The number of amides is 11. The minimum Gasteiger partial charge on any atom is -0.497 e. The standard InChI is InChI=1S/C70H117N11O14/c1-26-27-28-44(14)59(83)58-69(93)81-57(47(17)95-70(81)48-29-31-49(94-25)32-30-48)67(91)74(18)37-54(82)75(19)50(33-38(2)3)62(86)73-55(42(10)11)66(90)76(20)51(34-39(4)5)61(85)71-45(15)60(84)72-46(16)63(87)77(21)52(35-40(6)7)64(88)78(22)53(36-41(8)9)65(89)79(23)56(43(12)13)68(92)80(58)24/h26-27,29-32,38-47,50-53,55-59,70,83H,28,33-37H2,1-25H3,(H,71,85)(H,72,84)(H,73,86)/b27-26+/t44-,45+,46-,47+,50+,51?,52+,53+,55+,56+,57-,58+,59-,70?/m1/s1. The molecule has 14 atom stereocenters. The number of aliphatic hydroxyl groups is 1. The lowest BCUT2D eigenvalue weighted by atomic mass is 9.90. The maximum absolute atomic E-state index is 16.2. The van der Waals surface area contributed by atoms with Gasteiger partial charge in [0, 0.05) is 54.9 Å². The van der Waals surface area contributed by atoms with Crippen LogP contribution in [0.1, 0.15) is 162 Å². The summed E-state index contributed by atoms with van der Waals surface area (Å²) in [6.45, 7) is 29.2. The lowest BCUT2D eigenvalue weighted by molar-refractivity contribution is -0.162. The quantitative estimate of drug-likeness (QED) is 0.163. The highest BCUT2D eigenvalue weighted by Gasteiger charge is 2.54. The van der Waals surface area contributed by atoms with Gasteiger partial charge in [-0.05, 0) is 113 Å². The Morgan fingerprint density at radius 3 is 1.43 bits per heavy atom. The van der Waals surface area contributed by atoms with E-state index in [9.17, 15) is 33.9 Å². The smallest absolute Gasteiger partial charge is 0.251 e. The second kappa shape index (κ2) is 36.3. The van der Waals surface area contributed by atoms with Crippen LogP contribution in [0.2, 0.25) is 0 Å². The third kappa shape index (κ3) is 20.9. The predicted molar refractivity (Wildman–Crippen MR) is 363 cm³/mol. The van der Waals surface area contributed by atoms with Crippen LogP contribution in [0.3, 0.4) is 0 Å². The molecule has 0 radical (unpaired) electrons. The van der Waals surface area contributed by atoms with Crippen LogP contribution in [0, 0.1) is 41.4 Å². The zero-order valence-electron chi connectivity index (χ0n) is 61.6. The zero-order chi connectivity index (χ0) is 72.7. The van der Waals surface area contributed by atoms with Crippen molar-refractivity contribution in [3.8, 4) is 5.75 Å². The van der Waals surface area contributed by atoms with Crippen LogP contribution in [0.15, 0.2) is 36.4 Å². The molecular formula is C70H117N11O14. The maximum atomic E-state index is 16.2. The first kappa shape index (κ1) is 82.1. The van der Waals surface area contributed by atoms with Gasteiger partial charge in [-0.15, -0.1) is 0 Å². The summed E-state index contributed by atoms with van der Waals surface area (Å²) in [6.07, 6.45) is 0.354. The Labute approximate surface area is 566 Å². The number of nitrogens with zero attached hydrogens (tertiary/aromatic N) is 8. The molecule has 2 aliphatic heterocycles. The van der Waals surface area contributed by atoms with E-state index in [2.05, 4.69) is 16.0 Å². The summed E-state index contributed by atoms with van der Waals surface area (Å²) < 4.78 is 12.1. The Kier molecular flexibility index (Phi) is 31.3. The molecule has 2 heterocycles. The molecule has 0 saturated carbocycles. The molecule has 25 heteroatoms. The molecule has 95 heavy (non-hydrogen) atoms. The van der Waals surface area contributed by atoms with E-state index in [4.69, 9.17) is 9.47 Å². The van der Waals surface area contributed by atoms with E-state index >= 15 is 24.0 Å². The Morgan fingerprint density at radius 1 is 0.516 bits per heavy atom. The molecule has 0 aliphatic carbocycles. The maximum Gasteiger partial charge on any atom is 0.251 e. The molecule has 11 amide bonds. The first-order valence-corrected chi connectivity index (χ1v) is 33.8. The Hall–Kier alpha value is -7.15. The fraction of sp³-hybridized carbons (Fsp3) is 0.729. The van der Waals surface area contributed by atoms with Crippen molar-refractivity contribution in [2.45, 2.75) is 229 Å². The molecule has 1 aromatic rings.